The minimum Gasteiger partial charge on any atom is -0.484 e. The summed E-state index contributed by atoms with van der Waals surface area (Å²) in [5, 5.41) is 0.795. The summed E-state index contributed by atoms with van der Waals surface area (Å²) < 4.78 is 16.9. The van der Waals surface area contributed by atoms with E-state index in [0.717, 1.165) is 22.3 Å². The first-order chi connectivity index (χ1) is 11.2. The van der Waals surface area contributed by atoms with E-state index in [1.165, 1.54) is 12.1 Å². The van der Waals surface area contributed by atoms with Crippen LogP contribution < -0.4 is 10.4 Å². The van der Waals surface area contributed by atoms with Crippen molar-refractivity contribution in [3.05, 3.63) is 51.9 Å². The quantitative estimate of drug-likeness (QED) is 0.480. The molecule has 0 saturated heterocycles. The highest BCUT2D eigenvalue weighted by Crippen LogP contribution is 2.37. The van der Waals surface area contributed by atoms with E-state index in [-0.39, 0.29) is 5.97 Å². The third-order valence-corrected chi connectivity index (χ3v) is 4.02. The maximum Gasteiger partial charge on any atom is 0.336 e. The number of allylic oxidation sites excluding steroid dienone is 1. The summed E-state index contributed by atoms with van der Waals surface area (Å²) in [6.07, 6.45) is 1.53. The molecule has 0 fully saturated rings. The molecule has 3 rings (SSSR count). The molecule has 0 N–H and O–H groups in total. The zero-order valence-corrected chi connectivity index (χ0v) is 14.2. The second kappa shape index (κ2) is 5.82. The number of carbonyl (C=O) groups is 1. The second-order valence-electron chi connectivity index (χ2n) is 6.81. The number of ether oxygens (including phenoxy) is 2. The smallest absolute Gasteiger partial charge is 0.336 e. The first kappa shape index (κ1) is 16.3. The number of hydrogen-bond acceptors (Lipinski definition) is 5. The van der Waals surface area contributed by atoms with Gasteiger partial charge < -0.3 is 13.9 Å². The summed E-state index contributed by atoms with van der Waals surface area (Å²) in [5.74, 6) is 0.336. The number of hydrogen-bond donors (Lipinski definition) is 0. The van der Waals surface area contributed by atoms with Crippen LogP contribution in [-0.2, 0) is 16.0 Å². The molecular weight excluding hydrogens is 308 g/mol. The van der Waals surface area contributed by atoms with E-state index in [1.54, 1.807) is 12.1 Å². The van der Waals surface area contributed by atoms with Crippen LogP contribution in [0.4, 0.5) is 0 Å². The summed E-state index contributed by atoms with van der Waals surface area (Å²) in [5.41, 5.74) is 1.18. The van der Waals surface area contributed by atoms with E-state index in [9.17, 15) is 9.59 Å². The molecule has 0 unspecified atom stereocenters. The van der Waals surface area contributed by atoms with Gasteiger partial charge in [0.2, 0.25) is 0 Å². The fourth-order valence-corrected chi connectivity index (χ4v) is 2.78. The lowest BCUT2D eigenvalue weighted by atomic mass is 9.90. The fraction of sp³-hybridized carbons (Fsp3) is 0.368. The molecule has 2 heterocycles. The Balaban J connectivity index is 1.96. The largest absolute Gasteiger partial charge is 0.484 e. The van der Waals surface area contributed by atoms with Crippen molar-refractivity contribution in [1.29, 1.82) is 0 Å². The van der Waals surface area contributed by atoms with E-state index >= 15 is 0 Å². The predicted molar refractivity (Wildman–Crippen MR) is 90.2 cm³/mol. The molecule has 2 aromatic rings. The van der Waals surface area contributed by atoms with E-state index in [4.69, 9.17) is 13.9 Å². The van der Waals surface area contributed by atoms with Crippen molar-refractivity contribution in [3.8, 4) is 5.75 Å². The van der Waals surface area contributed by atoms with Crippen LogP contribution in [0.5, 0.6) is 5.75 Å². The number of benzene rings is 1. The van der Waals surface area contributed by atoms with Crippen LogP contribution in [-0.4, -0.2) is 17.7 Å². The summed E-state index contributed by atoms with van der Waals surface area (Å²) in [6, 6.07) is 6.72. The van der Waals surface area contributed by atoms with Gasteiger partial charge in [0.25, 0.3) is 0 Å². The Morgan fingerprint density at radius 1 is 1.29 bits per heavy atom. The van der Waals surface area contributed by atoms with Gasteiger partial charge >= 0.3 is 11.6 Å². The Morgan fingerprint density at radius 3 is 2.75 bits per heavy atom. The Hall–Kier alpha value is -2.56. The van der Waals surface area contributed by atoms with Crippen molar-refractivity contribution in [1.82, 2.24) is 0 Å². The van der Waals surface area contributed by atoms with Gasteiger partial charge in [-0.15, -0.1) is 0 Å². The zero-order valence-electron chi connectivity index (χ0n) is 14.2. The second-order valence-corrected chi connectivity index (χ2v) is 6.81. The Morgan fingerprint density at radius 2 is 2.04 bits per heavy atom. The normalized spacial score (nSPS) is 18.4. The third-order valence-electron chi connectivity index (χ3n) is 4.02. The molecule has 0 amide bonds. The molecule has 126 valence electrons. The molecule has 1 aromatic heterocycles. The molecule has 1 aromatic carbocycles. The van der Waals surface area contributed by atoms with Crippen LogP contribution >= 0.6 is 0 Å². The standard InChI is InChI=1S/C19H20O5/c1-11(2)7-18(21)23-16-10-13-9-14-12(5-6-17(20)22-14)8-15(13)24-19(16,3)4/h5-9,16H,10H2,1-4H3/t16-/m1/s1. The van der Waals surface area contributed by atoms with Gasteiger partial charge in [0.1, 0.15) is 23.0 Å². The molecule has 1 aliphatic rings. The zero-order chi connectivity index (χ0) is 17.5. The van der Waals surface area contributed by atoms with Crippen molar-refractivity contribution >= 4 is 16.9 Å². The van der Waals surface area contributed by atoms with Gasteiger partial charge in [0, 0.05) is 29.5 Å². The van der Waals surface area contributed by atoms with Gasteiger partial charge in [-0.25, -0.2) is 9.59 Å². The minimum atomic E-state index is -0.651. The summed E-state index contributed by atoms with van der Waals surface area (Å²) >= 11 is 0. The molecule has 24 heavy (non-hydrogen) atoms. The van der Waals surface area contributed by atoms with Crippen LogP contribution in [0.3, 0.4) is 0 Å². The molecule has 5 nitrogen and oxygen atoms in total. The molecule has 1 atom stereocenters. The average molecular weight is 328 g/mol. The minimum absolute atomic E-state index is 0.382. The summed E-state index contributed by atoms with van der Waals surface area (Å²) in [6.45, 7) is 7.47. The van der Waals surface area contributed by atoms with Crippen molar-refractivity contribution in [2.45, 2.75) is 45.8 Å². The molecule has 5 heteroatoms. The van der Waals surface area contributed by atoms with Crippen molar-refractivity contribution in [3.63, 3.8) is 0 Å². The highest BCUT2D eigenvalue weighted by atomic mass is 16.6. The summed E-state index contributed by atoms with van der Waals surface area (Å²) in [4.78, 5) is 23.4. The lowest BCUT2D eigenvalue weighted by Crippen LogP contribution is -2.48. The predicted octanol–water partition coefficient (Wildman–Crippen LogP) is 3.38. The van der Waals surface area contributed by atoms with Crippen LogP contribution in [0.2, 0.25) is 0 Å². The molecular formula is C19H20O5. The third kappa shape index (κ3) is 3.20. The first-order valence-electron chi connectivity index (χ1n) is 7.86. The Kier molecular flexibility index (Phi) is 3.95. The number of fused-ring (bicyclic) bond motifs is 2. The van der Waals surface area contributed by atoms with Gasteiger partial charge in [0.15, 0.2) is 0 Å². The van der Waals surface area contributed by atoms with E-state index in [2.05, 4.69) is 0 Å². The van der Waals surface area contributed by atoms with Crippen molar-refractivity contribution < 1.29 is 18.7 Å². The maximum atomic E-state index is 12.0. The van der Waals surface area contributed by atoms with Crippen molar-refractivity contribution in [2.24, 2.45) is 0 Å². The van der Waals surface area contributed by atoms with E-state index in [1.807, 2.05) is 33.8 Å². The topological polar surface area (TPSA) is 65.7 Å². The molecule has 0 spiro atoms. The Labute approximate surface area is 139 Å². The van der Waals surface area contributed by atoms with E-state index in [0.29, 0.717) is 12.0 Å². The first-order valence-corrected chi connectivity index (χ1v) is 7.86. The van der Waals surface area contributed by atoms with E-state index < -0.39 is 17.3 Å². The maximum absolute atomic E-state index is 12.0. The number of carbonyl (C=O) groups excluding carboxylic acids is 1. The molecule has 0 bridgehead atoms. The highest BCUT2D eigenvalue weighted by Gasteiger charge is 2.39. The lowest BCUT2D eigenvalue weighted by Gasteiger charge is -2.39. The summed E-state index contributed by atoms with van der Waals surface area (Å²) in [7, 11) is 0. The van der Waals surface area contributed by atoms with Crippen LogP contribution in [0.1, 0.15) is 33.3 Å². The van der Waals surface area contributed by atoms with Crippen LogP contribution in [0.15, 0.2) is 45.1 Å². The van der Waals surface area contributed by atoms with Crippen LogP contribution in [0.25, 0.3) is 11.0 Å². The number of esters is 1. The van der Waals surface area contributed by atoms with Crippen LogP contribution in [0, 0.1) is 0 Å². The monoisotopic (exact) mass is 328 g/mol. The SMILES string of the molecule is CC(C)=CC(=O)O[C@@H]1Cc2cc3oc(=O)ccc3cc2OC1(C)C. The lowest BCUT2D eigenvalue weighted by molar-refractivity contribution is -0.155. The highest BCUT2D eigenvalue weighted by molar-refractivity contribution is 5.83. The number of rotatable bonds is 2. The molecule has 0 aliphatic carbocycles. The van der Waals surface area contributed by atoms with Gasteiger partial charge in [-0.2, -0.15) is 0 Å². The van der Waals surface area contributed by atoms with Crippen molar-refractivity contribution in [2.75, 3.05) is 0 Å². The average Bonchev–Trinajstić information content (AvgIpc) is 2.45. The van der Waals surface area contributed by atoms with Gasteiger partial charge in [0.05, 0.1) is 0 Å². The molecule has 0 saturated carbocycles. The Bertz CT molecular complexity index is 884. The molecule has 1 aliphatic heterocycles. The van der Waals surface area contributed by atoms with Gasteiger partial charge in [-0.05, 0) is 45.9 Å². The van der Waals surface area contributed by atoms with Gasteiger partial charge in [-0.1, -0.05) is 5.57 Å². The molecule has 0 radical (unpaired) electrons. The van der Waals surface area contributed by atoms with Gasteiger partial charge in [-0.3, -0.25) is 0 Å². The fourth-order valence-electron chi connectivity index (χ4n) is 2.78.